The molecule has 0 N–H and O–H groups in total. The van der Waals surface area contributed by atoms with Gasteiger partial charge in [0.25, 0.3) is 0 Å². The first-order valence-electron chi connectivity index (χ1n) is 10.4. The molecule has 0 saturated carbocycles. The van der Waals surface area contributed by atoms with Gasteiger partial charge in [-0.1, -0.05) is 58.8 Å². The van der Waals surface area contributed by atoms with E-state index in [1.54, 1.807) is 0 Å². The molecule has 0 aromatic rings. The molecule has 0 aliphatic rings. The molecule has 0 spiro atoms. The molecule has 0 aromatic heterocycles. The minimum atomic E-state index is -0.0693. The van der Waals surface area contributed by atoms with Crippen molar-refractivity contribution in [2.75, 3.05) is 13.2 Å². The third-order valence-electron chi connectivity index (χ3n) is 4.88. The summed E-state index contributed by atoms with van der Waals surface area (Å²) in [6, 6.07) is 0. The largest absolute Gasteiger partial charge is 0.466 e. The molecule has 25 heavy (non-hydrogen) atoms. The lowest BCUT2D eigenvalue weighted by Crippen LogP contribution is -2.25. The Kier molecular flexibility index (Phi) is 15.7. The van der Waals surface area contributed by atoms with Gasteiger partial charge in [0.15, 0.2) is 0 Å². The van der Waals surface area contributed by atoms with Crippen molar-refractivity contribution in [3.63, 3.8) is 0 Å². The van der Waals surface area contributed by atoms with E-state index in [1.807, 2.05) is 13.8 Å². The summed E-state index contributed by atoms with van der Waals surface area (Å²) in [5.41, 5.74) is 0. The van der Waals surface area contributed by atoms with Crippen LogP contribution in [0.15, 0.2) is 0 Å². The van der Waals surface area contributed by atoms with E-state index >= 15 is 0 Å². The molecule has 0 aliphatic heterocycles. The Labute approximate surface area is 155 Å². The first-order valence-corrected chi connectivity index (χ1v) is 10.4. The summed E-state index contributed by atoms with van der Waals surface area (Å²) in [7, 11) is 0. The zero-order valence-electron chi connectivity index (χ0n) is 17.0. The third-order valence-corrected chi connectivity index (χ3v) is 4.88. The van der Waals surface area contributed by atoms with Gasteiger partial charge in [-0.15, -0.1) is 0 Å². The summed E-state index contributed by atoms with van der Waals surface area (Å²) in [4.78, 5) is 23.3. The zero-order chi connectivity index (χ0) is 18.9. The monoisotopic (exact) mass is 356 g/mol. The van der Waals surface area contributed by atoms with E-state index in [9.17, 15) is 9.59 Å². The zero-order valence-corrected chi connectivity index (χ0v) is 17.0. The fraction of sp³-hybridized carbons (Fsp3) is 0.905. The molecule has 2 atom stereocenters. The fourth-order valence-corrected chi connectivity index (χ4v) is 3.42. The number of ether oxygens (including phenoxy) is 2. The van der Waals surface area contributed by atoms with Gasteiger partial charge in [0.05, 0.1) is 19.1 Å². The number of rotatable bonds is 16. The molecule has 0 aliphatic carbocycles. The van der Waals surface area contributed by atoms with Crippen LogP contribution in [0.4, 0.5) is 0 Å². The minimum Gasteiger partial charge on any atom is -0.466 e. The Morgan fingerprint density at radius 3 is 1.80 bits per heavy atom. The van der Waals surface area contributed by atoms with Crippen LogP contribution in [0.3, 0.4) is 0 Å². The average molecular weight is 357 g/mol. The van der Waals surface area contributed by atoms with Crippen LogP contribution < -0.4 is 0 Å². The Morgan fingerprint density at radius 1 is 0.720 bits per heavy atom. The highest BCUT2D eigenvalue weighted by Gasteiger charge is 2.26. The van der Waals surface area contributed by atoms with Gasteiger partial charge in [0, 0.05) is 6.42 Å². The topological polar surface area (TPSA) is 52.6 Å². The van der Waals surface area contributed by atoms with E-state index in [2.05, 4.69) is 13.8 Å². The normalized spacial score (nSPS) is 13.3. The molecule has 0 aromatic carbocycles. The van der Waals surface area contributed by atoms with Crippen molar-refractivity contribution in [2.24, 2.45) is 11.8 Å². The average Bonchev–Trinajstić information content (AvgIpc) is 2.59. The van der Waals surface area contributed by atoms with Crippen molar-refractivity contribution in [1.82, 2.24) is 0 Å². The lowest BCUT2D eigenvalue weighted by atomic mass is 9.84. The second-order valence-corrected chi connectivity index (χ2v) is 6.75. The maximum atomic E-state index is 12.0. The van der Waals surface area contributed by atoms with Crippen molar-refractivity contribution in [3.8, 4) is 0 Å². The quantitative estimate of drug-likeness (QED) is 0.264. The second-order valence-electron chi connectivity index (χ2n) is 6.75. The van der Waals surface area contributed by atoms with Crippen molar-refractivity contribution in [1.29, 1.82) is 0 Å². The predicted molar refractivity (Wildman–Crippen MR) is 102 cm³/mol. The second kappa shape index (κ2) is 16.4. The highest BCUT2D eigenvalue weighted by molar-refractivity contribution is 5.72. The van der Waals surface area contributed by atoms with Crippen molar-refractivity contribution in [2.45, 2.75) is 98.3 Å². The van der Waals surface area contributed by atoms with E-state index < -0.39 is 0 Å². The molecular formula is C21H40O4. The van der Waals surface area contributed by atoms with Gasteiger partial charge in [0.2, 0.25) is 0 Å². The van der Waals surface area contributed by atoms with Crippen LogP contribution in [0.5, 0.6) is 0 Å². The summed E-state index contributed by atoms with van der Waals surface area (Å²) < 4.78 is 10.1. The van der Waals surface area contributed by atoms with E-state index in [-0.39, 0.29) is 17.9 Å². The van der Waals surface area contributed by atoms with Crippen molar-refractivity contribution in [3.05, 3.63) is 0 Å². The summed E-state index contributed by atoms with van der Waals surface area (Å²) in [5.74, 6) is 0.431. The highest BCUT2D eigenvalue weighted by Crippen LogP contribution is 2.26. The molecule has 0 bridgehead atoms. The number of hydrogen-bond acceptors (Lipinski definition) is 4. The Hall–Kier alpha value is -1.06. The van der Waals surface area contributed by atoms with E-state index in [1.165, 1.54) is 32.1 Å². The number of carbonyl (C=O) groups excluding carboxylic acids is 2. The third kappa shape index (κ3) is 12.0. The molecule has 2 unspecified atom stereocenters. The minimum absolute atomic E-state index is 0.0153. The fourth-order valence-electron chi connectivity index (χ4n) is 3.42. The number of carbonyl (C=O) groups is 2. The first-order chi connectivity index (χ1) is 12.1. The Balaban J connectivity index is 3.73. The lowest BCUT2D eigenvalue weighted by Gasteiger charge is -2.23. The molecule has 0 fully saturated rings. The number of hydrogen-bond donors (Lipinski definition) is 0. The predicted octanol–water partition coefficient (Wildman–Crippen LogP) is 5.68. The van der Waals surface area contributed by atoms with E-state index in [0.717, 1.165) is 32.1 Å². The van der Waals surface area contributed by atoms with Crippen molar-refractivity contribution < 1.29 is 19.1 Å². The maximum Gasteiger partial charge on any atom is 0.309 e. The molecule has 0 amide bonds. The smallest absolute Gasteiger partial charge is 0.309 e. The van der Waals surface area contributed by atoms with E-state index in [0.29, 0.717) is 25.6 Å². The summed E-state index contributed by atoms with van der Waals surface area (Å²) >= 11 is 0. The molecule has 0 radical (unpaired) electrons. The lowest BCUT2D eigenvalue weighted by molar-refractivity contribution is -0.150. The van der Waals surface area contributed by atoms with Gasteiger partial charge in [-0.25, -0.2) is 0 Å². The van der Waals surface area contributed by atoms with Crippen LogP contribution in [-0.4, -0.2) is 25.2 Å². The Morgan fingerprint density at radius 2 is 1.28 bits per heavy atom. The number of unbranched alkanes of at least 4 members (excludes halogenated alkanes) is 6. The Bertz CT molecular complexity index is 341. The van der Waals surface area contributed by atoms with Gasteiger partial charge >= 0.3 is 11.9 Å². The molecule has 148 valence electrons. The van der Waals surface area contributed by atoms with Crippen LogP contribution in [0, 0.1) is 11.8 Å². The van der Waals surface area contributed by atoms with Gasteiger partial charge in [0.1, 0.15) is 0 Å². The van der Waals surface area contributed by atoms with Gasteiger partial charge in [-0.05, 0) is 39.0 Å². The van der Waals surface area contributed by atoms with Crippen LogP contribution in [0.1, 0.15) is 98.3 Å². The molecule has 4 nitrogen and oxygen atoms in total. The molecular weight excluding hydrogens is 316 g/mol. The maximum absolute atomic E-state index is 12.0. The SMILES string of the molecule is CCOC(=O)CCCCCCCCCC(CC)C(CC)C(=O)OCC. The van der Waals surface area contributed by atoms with Gasteiger partial charge < -0.3 is 9.47 Å². The standard InChI is InChI=1S/C21H40O4/c1-5-18(19(6-2)21(23)25-8-4)16-14-12-10-9-11-13-15-17-20(22)24-7-3/h18-19H,5-17H2,1-4H3. The molecule has 4 heteroatoms. The molecule has 0 heterocycles. The summed E-state index contributed by atoms with van der Waals surface area (Å²) in [6.07, 6.45) is 11.7. The van der Waals surface area contributed by atoms with Crippen LogP contribution in [0.2, 0.25) is 0 Å². The first kappa shape index (κ1) is 23.9. The molecule has 0 rings (SSSR count). The van der Waals surface area contributed by atoms with Crippen LogP contribution in [0.25, 0.3) is 0 Å². The van der Waals surface area contributed by atoms with Crippen LogP contribution >= 0.6 is 0 Å². The molecule has 0 saturated heterocycles. The van der Waals surface area contributed by atoms with Gasteiger partial charge in [-0.3, -0.25) is 9.59 Å². The summed E-state index contributed by atoms with van der Waals surface area (Å²) in [6.45, 7) is 8.93. The van der Waals surface area contributed by atoms with Crippen molar-refractivity contribution >= 4 is 11.9 Å². The van der Waals surface area contributed by atoms with E-state index in [4.69, 9.17) is 9.47 Å². The van der Waals surface area contributed by atoms with Gasteiger partial charge in [-0.2, -0.15) is 0 Å². The highest BCUT2D eigenvalue weighted by atomic mass is 16.5. The van der Waals surface area contributed by atoms with Crippen LogP contribution in [-0.2, 0) is 19.1 Å². The number of esters is 2. The summed E-state index contributed by atoms with van der Waals surface area (Å²) in [5, 5.41) is 0.